The van der Waals surface area contributed by atoms with Crippen LogP contribution in [0.15, 0.2) is 27.3 Å². The second kappa shape index (κ2) is 6.25. The maximum absolute atomic E-state index is 9.85. The molecular formula is C13H16BrN3O2. The van der Waals surface area contributed by atoms with Crippen LogP contribution in [0.4, 0.5) is 0 Å². The summed E-state index contributed by atoms with van der Waals surface area (Å²) in [5.74, 6) is 1.29. The van der Waals surface area contributed by atoms with Crippen molar-refractivity contribution >= 4 is 15.9 Å². The summed E-state index contributed by atoms with van der Waals surface area (Å²) in [5.41, 5.74) is 0.635. The average Bonchev–Trinajstić information content (AvgIpc) is 2.76. The monoisotopic (exact) mass is 325 g/mol. The molecule has 1 atom stereocenters. The number of aromatic nitrogens is 3. The fourth-order valence-corrected chi connectivity index (χ4v) is 2.25. The average molecular weight is 326 g/mol. The molecule has 102 valence electrons. The van der Waals surface area contributed by atoms with Crippen LogP contribution in [0.5, 0.6) is 0 Å². The minimum absolute atomic E-state index is 0.371. The Morgan fingerprint density at radius 3 is 2.89 bits per heavy atom. The largest absolute Gasteiger partial charge is 0.393 e. The number of halogens is 1. The maximum Gasteiger partial charge on any atom is 0.229 e. The fraction of sp³-hybridized carbons (Fsp3) is 0.462. The van der Waals surface area contributed by atoms with Crippen LogP contribution in [0.2, 0.25) is 0 Å². The van der Waals surface area contributed by atoms with Crippen molar-refractivity contribution in [2.45, 2.75) is 32.8 Å². The third-order valence-corrected chi connectivity index (χ3v) is 3.23. The van der Waals surface area contributed by atoms with Gasteiger partial charge in [-0.1, -0.05) is 19.0 Å². The molecule has 5 nitrogen and oxygen atoms in total. The molecule has 2 heterocycles. The van der Waals surface area contributed by atoms with Gasteiger partial charge < -0.3 is 9.63 Å². The van der Waals surface area contributed by atoms with E-state index in [0.717, 1.165) is 4.47 Å². The maximum atomic E-state index is 9.85. The standard InChI is InChI=1S/C13H16BrN3O2/c1-8(2)6-9(18)7-11-16-13(17-19-11)12-10(14)4-3-5-15-12/h3-5,8-9,18H,6-7H2,1-2H3. The van der Waals surface area contributed by atoms with Crippen molar-refractivity contribution < 1.29 is 9.63 Å². The molecule has 0 aromatic carbocycles. The van der Waals surface area contributed by atoms with Gasteiger partial charge in [0, 0.05) is 10.7 Å². The molecule has 19 heavy (non-hydrogen) atoms. The van der Waals surface area contributed by atoms with E-state index < -0.39 is 6.10 Å². The lowest BCUT2D eigenvalue weighted by Crippen LogP contribution is -2.13. The van der Waals surface area contributed by atoms with E-state index in [0.29, 0.717) is 36.2 Å². The third-order valence-electron chi connectivity index (χ3n) is 2.59. The van der Waals surface area contributed by atoms with Gasteiger partial charge in [0.05, 0.1) is 12.5 Å². The molecule has 2 aromatic rings. The molecule has 0 aliphatic rings. The molecule has 1 N–H and O–H groups in total. The van der Waals surface area contributed by atoms with E-state index in [-0.39, 0.29) is 0 Å². The van der Waals surface area contributed by atoms with Crippen molar-refractivity contribution in [3.63, 3.8) is 0 Å². The minimum Gasteiger partial charge on any atom is -0.393 e. The van der Waals surface area contributed by atoms with Crippen LogP contribution in [0.1, 0.15) is 26.2 Å². The molecule has 0 saturated carbocycles. The van der Waals surface area contributed by atoms with Gasteiger partial charge in [-0.2, -0.15) is 4.98 Å². The first-order valence-electron chi connectivity index (χ1n) is 6.17. The quantitative estimate of drug-likeness (QED) is 0.915. The Kier molecular flexibility index (Phi) is 4.66. The molecule has 0 spiro atoms. The molecule has 0 radical (unpaired) electrons. The minimum atomic E-state index is -0.458. The predicted octanol–water partition coefficient (Wildman–Crippen LogP) is 2.84. The third kappa shape index (κ3) is 3.84. The number of pyridine rings is 1. The molecule has 0 bridgehead atoms. The lowest BCUT2D eigenvalue weighted by Gasteiger charge is -2.09. The van der Waals surface area contributed by atoms with E-state index in [4.69, 9.17) is 4.52 Å². The molecule has 0 aliphatic heterocycles. The zero-order valence-electron chi connectivity index (χ0n) is 10.9. The Morgan fingerprint density at radius 1 is 1.42 bits per heavy atom. The Labute approximate surface area is 120 Å². The molecule has 6 heteroatoms. The lowest BCUT2D eigenvalue weighted by molar-refractivity contribution is 0.138. The second-order valence-electron chi connectivity index (χ2n) is 4.83. The van der Waals surface area contributed by atoms with Crippen molar-refractivity contribution in [2.75, 3.05) is 0 Å². The van der Waals surface area contributed by atoms with Crippen LogP contribution in [0.3, 0.4) is 0 Å². The highest BCUT2D eigenvalue weighted by atomic mass is 79.9. The normalized spacial score (nSPS) is 12.9. The van der Waals surface area contributed by atoms with Gasteiger partial charge in [0.25, 0.3) is 0 Å². The van der Waals surface area contributed by atoms with Crippen molar-refractivity contribution in [3.8, 4) is 11.5 Å². The highest BCUT2D eigenvalue weighted by Gasteiger charge is 2.16. The van der Waals surface area contributed by atoms with Crippen molar-refractivity contribution in [1.29, 1.82) is 0 Å². The van der Waals surface area contributed by atoms with Gasteiger partial charge in [0.1, 0.15) is 5.69 Å². The van der Waals surface area contributed by atoms with E-state index in [9.17, 15) is 5.11 Å². The summed E-state index contributed by atoms with van der Waals surface area (Å²) in [6.45, 7) is 4.13. The van der Waals surface area contributed by atoms with Crippen molar-refractivity contribution in [2.24, 2.45) is 5.92 Å². The number of aliphatic hydroxyl groups is 1. The smallest absolute Gasteiger partial charge is 0.229 e. The highest BCUT2D eigenvalue weighted by molar-refractivity contribution is 9.10. The number of rotatable bonds is 5. The molecule has 0 saturated heterocycles. The number of hydrogen-bond acceptors (Lipinski definition) is 5. The predicted molar refractivity (Wildman–Crippen MR) is 74.4 cm³/mol. The topological polar surface area (TPSA) is 72.0 Å². The van der Waals surface area contributed by atoms with E-state index in [1.165, 1.54) is 0 Å². The van der Waals surface area contributed by atoms with E-state index >= 15 is 0 Å². The fourth-order valence-electron chi connectivity index (χ4n) is 1.81. The molecule has 1 unspecified atom stereocenters. The van der Waals surface area contributed by atoms with Gasteiger partial charge in [-0.3, -0.25) is 4.98 Å². The Morgan fingerprint density at radius 2 is 2.21 bits per heavy atom. The van der Waals surface area contributed by atoms with Gasteiger partial charge in [-0.25, -0.2) is 0 Å². The number of nitrogens with zero attached hydrogens (tertiary/aromatic N) is 3. The first-order valence-corrected chi connectivity index (χ1v) is 6.97. The van der Waals surface area contributed by atoms with E-state index in [1.807, 2.05) is 12.1 Å². The van der Waals surface area contributed by atoms with Crippen LogP contribution >= 0.6 is 15.9 Å². The van der Waals surface area contributed by atoms with Crippen LogP contribution in [-0.2, 0) is 6.42 Å². The zero-order valence-corrected chi connectivity index (χ0v) is 12.5. The van der Waals surface area contributed by atoms with Crippen molar-refractivity contribution in [3.05, 3.63) is 28.7 Å². The summed E-state index contributed by atoms with van der Waals surface area (Å²) in [7, 11) is 0. The highest BCUT2D eigenvalue weighted by Crippen LogP contribution is 2.23. The first kappa shape index (κ1) is 14.1. The summed E-state index contributed by atoms with van der Waals surface area (Å²) in [6, 6.07) is 3.69. The summed E-state index contributed by atoms with van der Waals surface area (Å²) >= 11 is 3.39. The summed E-state index contributed by atoms with van der Waals surface area (Å²) in [5, 5.41) is 13.7. The Balaban J connectivity index is 2.09. The number of hydrogen-bond donors (Lipinski definition) is 1. The van der Waals surface area contributed by atoms with Gasteiger partial charge in [0.2, 0.25) is 11.7 Å². The van der Waals surface area contributed by atoms with Crippen molar-refractivity contribution in [1.82, 2.24) is 15.1 Å². The summed E-state index contributed by atoms with van der Waals surface area (Å²) in [4.78, 5) is 8.45. The SMILES string of the molecule is CC(C)CC(O)Cc1nc(-c2ncccc2Br)no1. The molecule has 0 aliphatic carbocycles. The lowest BCUT2D eigenvalue weighted by atomic mass is 10.0. The number of aliphatic hydroxyl groups excluding tert-OH is 1. The molecule has 0 amide bonds. The molecule has 2 rings (SSSR count). The second-order valence-corrected chi connectivity index (χ2v) is 5.69. The van der Waals surface area contributed by atoms with Gasteiger partial charge in [-0.15, -0.1) is 0 Å². The van der Waals surface area contributed by atoms with Crippen LogP contribution in [-0.4, -0.2) is 26.3 Å². The molecule has 2 aromatic heterocycles. The van der Waals surface area contributed by atoms with Gasteiger partial charge >= 0.3 is 0 Å². The first-order chi connectivity index (χ1) is 9.06. The summed E-state index contributed by atoms with van der Waals surface area (Å²) in [6.07, 6.45) is 2.30. The van der Waals surface area contributed by atoms with Gasteiger partial charge in [-0.05, 0) is 40.4 Å². The van der Waals surface area contributed by atoms with E-state index in [2.05, 4.69) is 44.9 Å². The molecule has 0 fully saturated rings. The summed E-state index contributed by atoms with van der Waals surface area (Å²) < 4.78 is 5.95. The Bertz CT molecular complexity index is 542. The van der Waals surface area contributed by atoms with Crippen LogP contribution in [0, 0.1) is 5.92 Å². The van der Waals surface area contributed by atoms with E-state index in [1.54, 1.807) is 6.20 Å². The molecular weight excluding hydrogens is 310 g/mol. The zero-order chi connectivity index (χ0) is 13.8. The van der Waals surface area contributed by atoms with Crippen LogP contribution < -0.4 is 0 Å². The van der Waals surface area contributed by atoms with Crippen LogP contribution in [0.25, 0.3) is 11.5 Å². The van der Waals surface area contributed by atoms with Gasteiger partial charge in [0.15, 0.2) is 0 Å². The Hall–Kier alpha value is -1.27.